The number of carbonyl (C=O) groups is 2. The van der Waals surface area contributed by atoms with Crippen LogP contribution in [0.5, 0.6) is 11.5 Å². The number of carbonyl (C=O) groups excluding carboxylic acids is 2. The van der Waals surface area contributed by atoms with E-state index in [1.165, 1.54) is 0 Å². The molecule has 0 aliphatic carbocycles. The molecule has 190 valence electrons. The Morgan fingerprint density at radius 2 is 1.64 bits per heavy atom. The van der Waals surface area contributed by atoms with Crippen molar-refractivity contribution in [2.24, 2.45) is 0 Å². The second kappa shape index (κ2) is 14.1. The number of rotatable bonds is 13. The molecule has 1 N–H and O–H groups in total. The van der Waals surface area contributed by atoms with Gasteiger partial charge in [0.2, 0.25) is 11.8 Å². The maximum absolute atomic E-state index is 13.5. The highest BCUT2D eigenvalue weighted by molar-refractivity contribution is 6.30. The van der Waals surface area contributed by atoms with E-state index in [0.717, 1.165) is 16.9 Å². The predicted molar refractivity (Wildman–Crippen MR) is 142 cm³/mol. The SMILES string of the molecule is CCNC(=O)[C@H](Cc1ccccc1)N(Cc1cccc(Cl)c1)C(=O)CCCOc1ccc(OC)cc1. The van der Waals surface area contributed by atoms with E-state index in [9.17, 15) is 9.59 Å². The molecule has 0 heterocycles. The van der Waals surface area contributed by atoms with Gasteiger partial charge in [-0.15, -0.1) is 0 Å². The lowest BCUT2D eigenvalue weighted by Crippen LogP contribution is -2.50. The van der Waals surface area contributed by atoms with Crippen molar-refractivity contribution in [1.29, 1.82) is 0 Å². The average molecular weight is 509 g/mol. The Morgan fingerprint density at radius 1 is 0.944 bits per heavy atom. The van der Waals surface area contributed by atoms with E-state index in [1.54, 1.807) is 18.1 Å². The molecule has 0 radical (unpaired) electrons. The van der Waals surface area contributed by atoms with Crippen molar-refractivity contribution in [3.05, 3.63) is 95.0 Å². The normalized spacial score (nSPS) is 11.4. The fourth-order valence-electron chi connectivity index (χ4n) is 3.91. The summed E-state index contributed by atoms with van der Waals surface area (Å²) in [5.74, 6) is 1.18. The molecule has 6 nitrogen and oxygen atoms in total. The molecule has 0 fully saturated rings. The summed E-state index contributed by atoms with van der Waals surface area (Å²) in [5, 5.41) is 3.49. The fraction of sp³-hybridized carbons (Fsp3) is 0.310. The first-order valence-corrected chi connectivity index (χ1v) is 12.5. The van der Waals surface area contributed by atoms with Crippen LogP contribution in [-0.2, 0) is 22.6 Å². The quantitative estimate of drug-likeness (QED) is 0.319. The van der Waals surface area contributed by atoms with Gasteiger partial charge in [-0.3, -0.25) is 9.59 Å². The van der Waals surface area contributed by atoms with E-state index in [0.29, 0.717) is 36.8 Å². The first-order chi connectivity index (χ1) is 17.5. The largest absolute Gasteiger partial charge is 0.497 e. The van der Waals surface area contributed by atoms with Crippen molar-refractivity contribution in [2.45, 2.75) is 38.8 Å². The minimum atomic E-state index is -0.652. The Kier molecular flexibility index (Phi) is 10.6. The van der Waals surface area contributed by atoms with E-state index in [1.807, 2.05) is 79.7 Å². The van der Waals surface area contributed by atoms with Crippen LogP contribution in [0.2, 0.25) is 5.02 Å². The lowest BCUT2D eigenvalue weighted by atomic mass is 10.0. The molecule has 0 saturated carbocycles. The molecule has 1 atom stereocenters. The lowest BCUT2D eigenvalue weighted by molar-refractivity contribution is -0.141. The molecule has 0 aliphatic heterocycles. The standard InChI is InChI=1S/C29H33ClN2O4/c1-3-31-29(34)27(20-22-9-5-4-6-10-22)32(21-23-11-7-12-24(30)19-23)28(33)13-8-18-36-26-16-14-25(35-2)15-17-26/h4-7,9-12,14-17,19,27H,3,8,13,18,20-21H2,1-2H3,(H,31,34)/t27-/m0/s1. The number of nitrogens with one attached hydrogen (secondary N) is 1. The molecule has 2 amide bonds. The Hall–Kier alpha value is -3.51. The molecule has 3 rings (SSSR count). The molecule has 36 heavy (non-hydrogen) atoms. The molecule has 0 spiro atoms. The van der Waals surface area contributed by atoms with Gasteiger partial charge in [0.25, 0.3) is 0 Å². The van der Waals surface area contributed by atoms with E-state index in [-0.39, 0.29) is 24.8 Å². The molecule has 0 saturated heterocycles. The van der Waals surface area contributed by atoms with Crippen LogP contribution in [0.15, 0.2) is 78.9 Å². The number of nitrogens with zero attached hydrogens (tertiary/aromatic N) is 1. The van der Waals surface area contributed by atoms with Gasteiger partial charge in [0.1, 0.15) is 17.5 Å². The summed E-state index contributed by atoms with van der Waals surface area (Å²) in [7, 11) is 1.61. The smallest absolute Gasteiger partial charge is 0.243 e. The molecular formula is C29H33ClN2O4. The van der Waals surface area contributed by atoms with E-state index < -0.39 is 6.04 Å². The minimum absolute atomic E-state index is 0.111. The zero-order valence-electron chi connectivity index (χ0n) is 20.8. The third-order valence-electron chi connectivity index (χ3n) is 5.73. The number of halogens is 1. The van der Waals surface area contributed by atoms with Gasteiger partial charge in [0, 0.05) is 31.0 Å². The van der Waals surface area contributed by atoms with Gasteiger partial charge in [-0.25, -0.2) is 0 Å². The fourth-order valence-corrected chi connectivity index (χ4v) is 4.12. The Bertz CT molecular complexity index is 1110. The number of hydrogen-bond acceptors (Lipinski definition) is 4. The molecular weight excluding hydrogens is 476 g/mol. The van der Waals surface area contributed by atoms with E-state index >= 15 is 0 Å². The van der Waals surface area contributed by atoms with Gasteiger partial charge in [0.05, 0.1) is 13.7 Å². The second-order valence-electron chi connectivity index (χ2n) is 8.38. The molecule has 0 bridgehead atoms. The summed E-state index contributed by atoms with van der Waals surface area (Å²) in [6.45, 7) is 3.02. The number of benzene rings is 3. The first kappa shape index (κ1) is 27.1. The predicted octanol–water partition coefficient (Wildman–Crippen LogP) is 5.28. The van der Waals surface area contributed by atoms with Crippen LogP contribution in [0.25, 0.3) is 0 Å². The van der Waals surface area contributed by atoms with Crippen LogP contribution >= 0.6 is 11.6 Å². The summed E-state index contributed by atoms with van der Waals surface area (Å²) in [6, 6.07) is 23.8. The van der Waals surface area contributed by atoms with Crippen molar-refractivity contribution in [2.75, 3.05) is 20.3 Å². The van der Waals surface area contributed by atoms with Gasteiger partial charge >= 0.3 is 0 Å². The van der Waals surface area contributed by atoms with Crippen LogP contribution < -0.4 is 14.8 Å². The first-order valence-electron chi connectivity index (χ1n) is 12.1. The second-order valence-corrected chi connectivity index (χ2v) is 8.82. The molecule has 3 aromatic rings. The Balaban J connectivity index is 1.74. The van der Waals surface area contributed by atoms with Crippen LogP contribution in [0.4, 0.5) is 0 Å². The van der Waals surface area contributed by atoms with Crippen LogP contribution in [-0.4, -0.2) is 43.0 Å². The maximum Gasteiger partial charge on any atom is 0.243 e. The van der Waals surface area contributed by atoms with Crippen molar-refractivity contribution in [3.8, 4) is 11.5 Å². The van der Waals surface area contributed by atoms with Crippen LogP contribution in [0.3, 0.4) is 0 Å². The maximum atomic E-state index is 13.5. The lowest BCUT2D eigenvalue weighted by Gasteiger charge is -2.31. The topological polar surface area (TPSA) is 67.9 Å². The zero-order valence-corrected chi connectivity index (χ0v) is 21.5. The van der Waals surface area contributed by atoms with Crippen LogP contribution in [0.1, 0.15) is 30.9 Å². The number of ether oxygens (including phenoxy) is 2. The van der Waals surface area contributed by atoms with Gasteiger partial charge in [0.15, 0.2) is 0 Å². The summed E-state index contributed by atoms with van der Waals surface area (Å²) in [6.07, 6.45) is 1.19. The molecule has 0 aromatic heterocycles. The monoisotopic (exact) mass is 508 g/mol. The summed E-state index contributed by atoms with van der Waals surface area (Å²) >= 11 is 6.20. The summed E-state index contributed by atoms with van der Waals surface area (Å²) < 4.78 is 11.0. The van der Waals surface area contributed by atoms with Crippen molar-refractivity contribution in [1.82, 2.24) is 10.2 Å². The Morgan fingerprint density at radius 3 is 2.31 bits per heavy atom. The third-order valence-corrected chi connectivity index (χ3v) is 5.96. The number of methoxy groups -OCH3 is 1. The van der Waals surface area contributed by atoms with Crippen molar-refractivity contribution in [3.63, 3.8) is 0 Å². The van der Waals surface area contributed by atoms with Crippen LogP contribution in [0, 0.1) is 0 Å². The highest BCUT2D eigenvalue weighted by Crippen LogP contribution is 2.20. The molecule has 3 aromatic carbocycles. The molecule has 7 heteroatoms. The van der Waals surface area contributed by atoms with Gasteiger partial charge in [-0.2, -0.15) is 0 Å². The summed E-state index contributed by atoms with van der Waals surface area (Å²) in [5.41, 5.74) is 1.85. The van der Waals surface area contributed by atoms with Crippen molar-refractivity contribution < 1.29 is 19.1 Å². The molecule has 0 aliphatic rings. The molecule has 0 unspecified atom stereocenters. The van der Waals surface area contributed by atoms with E-state index in [2.05, 4.69) is 5.32 Å². The minimum Gasteiger partial charge on any atom is -0.497 e. The highest BCUT2D eigenvalue weighted by atomic mass is 35.5. The number of likely N-dealkylation sites (N-methyl/N-ethyl adjacent to an activating group) is 1. The zero-order chi connectivity index (χ0) is 25.8. The van der Waals surface area contributed by atoms with Gasteiger partial charge < -0.3 is 19.7 Å². The van der Waals surface area contributed by atoms with Crippen molar-refractivity contribution >= 4 is 23.4 Å². The van der Waals surface area contributed by atoms with E-state index in [4.69, 9.17) is 21.1 Å². The summed E-state index contributed by atoms with van der Waals surface area (Å²) in [4.78, 5) is 28.3. The average Bonchev–Trinajstić information content (AvgIpc) is 2.89. The van der Waals surface area contributed by atoms with Gasteiger partial charge in [-0.1, -0.05) is 54.1 Å². The number of amides is 2. The Labute approximate surface area is 218 Å². The highest BCUT2D eigenvalue weighted by Gasteiger charge is 2.29. The third kappa shape index (κ3) is 8.31. The number of hydrogen-bond donors (Lipinski definition) is 1. The van der Waals surface area contributed by atoms with Gasteiger partial charge in [-0.05, 0) is 60.9 Å².